The molecule has 0 spiro atoms. The van der Waals surface area contributed by atoms with Crippen molar-refractivity contribution in [2.45, 2.75) is 57.4 Å². The first-order valence-corrected chi connectivity index (χ1v) is 14.7. The average Bonchev–Trinajstić information content (AvgIpc) is 2.98. The van der Waals surface area contributed by atoms with Crippen LogP contribution in [0.25, 0.3) is 0 Å². The number of nitrogens with zero attached hydrogens (tertiary/aromatic N) is 3. The molecule has 2 saturated heterocycles. The van der Waals surface area contributed by atoms with Gasteiger partial charge < -0.3 is 25.3 Å². The summed E-state index contributed by atoms with van der Waals surface area (Å²) < 4.78 is 0. The van der Waals surface area contributed by atoms with Crippen molar-refractivity contribution in [3.8, 4) is 0 Å². The number of piperidine rings is 1. The van der Waals surface area contributed by atoms with Crippen LogP contribution in [0.2, 0.25) is 5.02 Å². The number of halogens is 1. The summed E-state index contributed by atoms with van der Waals surface area (Å²) in [5.74, 6) is -0.335. The van der Waals surface area contributed by atoms with Crippen LogP contribution >= 0.6 is 11.6 Å². The summed E-state index contributed by atoms with van der Waals surface area (Å²) in [6.07, 6.45) is 8.88. The molecule has 2 N–H and O–H groups in total. The molecule has 2 heterocycles. The van der Waals surface area contributed by atoms with E-state index in [-0.39, 0.29) is 23.9 Å². The number of urea groups is 1. The standard InChI is InChI=1S/C30H38ClN5O3/c31-26-12-6-5-11-24(26)28(37)32-23-13-14-27(25(21-23)29(38)35-15-7-2-8-16-35)34-17-19-36(20-18-34)30(39)33-22-9-3-1-4-10-22/h5-6,11-14,21-22H,1-4,7-10,15-20H2,(H,32,37)(H,33,39). The van der Waals surface area contributed by atoms with Crippen LogP contribution in [-0.2, 0) is 0 Å². The van der Waals surface area contributed by atoms with Crippen molar-refractivity contribution in [3.05, 3.63) is 58.6 Å². The predicted octanol–water partition coefficient (Wildman–Crippen LogP) is 5.38. The fourth-order valence-electron chi connectivity index (χ4n) is 5.84. The Kier molecular flexibility index (Phi) is 8.91. The SMILES string of the molecule is O=C(Nc1ccc(N2CCN(C(=O)NC3CCCCC3)CC2)c(C(=O)N2CCCCC2)c1)c1ccccc1Cl. The highest BCUT2D eigenvalue weighted by Gasteiger charge is 2.28. The molecule has 0 aromatic heterocycles. The lowest BCUT2D eigenvalue weighted by atomic mass is 9.96. The third-order valence-corrected chi connectivity index (χ3v) is 8.42. The quantitative estimate of drug-likeness (QED) is 0.522. The minimum atomic E-state index is -0.317. The highest BCUT2D eigenvalue weighted by atomic mass is 35.5. The van der Waals surface area contributed by atoms with Crippen molar-refractivity contribution in [2.75, 3.05) is 49.5 Å². The maximum atomic E-state index is 13.7. The van der Waals surface area contributed by atoms with Gasteiger partial charge in [-0.3, -0.25) is 9.59 Å². The molecule has 0 unspecified atom stereocenters. The van der Waals surface area contributed by atoms with E-state index in [4.69, 9.17) is 11.6 Å². The second kappa shape index (κ2) is 12.7. The number of hydrogen-bond donors (Lipinski definition) is 2. The van der Waals surface area contributed by atoms with Crippen molar-refractivity contribution in [1.29, 1.82) is 0 Å². The van der Waals surface area contributed by atoms with Crippen LogP contribution < -0.4 is 15.5 Å². The number of likely N-dealkylation sites (tertiary alicyclic amines) is 1. The van der Waals surface area contributed by atoms with Crippen LogP contribution in [0.1, 0.15) is 72.1 Å². The Morgan fingerprint density at radius 3 is 2.15 bits per heavy atom. The van der Waals surface area contributed by atoms with Crippen molar-refractivity contribution >= 4 is 40.8 Å². The number of rotatable bonds is 5. The summed E-state index contributed by atoms with van der Waals surface area (Å²) in [4.78, 5) is 45.5. The molecular weight excluding hydrogens is 514 g/mol. The second-order valence-corrected chi connectivity index (χ2v) is 11.2. The summed E-state index contributed by atoms with van der Waals surface area (Å²) in [7, 11) is 0. The van der Waals surface area contributed by atoms with Gasteiger partial charge in [-0.25, -0.2) is 4.79 Å². The lowest BCUT2D eigenvalue weighted by Crippen LogP contribution is -2.54. The summed E-state index contributed by atoms with van der Waals surface area (Å²) in [6, 6.07) is 12.7. The van der Waals surface area contributed by atoms with Gasteiger partial charge in [0.25, 0.3) is 11.8 Å². The van der Waals surface area contributed by atoms with Crippen LogP contribution in [0.3, 0.4) is 0 Å². The Morgan fingerprint density at radius 2 is 1.44 bits per heavy atom. The third kappa shape index (κ3) is 6.67. The molecular formula is C30H38ClN5O3. The maximum absolute atomic E-state index is 13.7. The van der Waals surface area contributed by atoms with Gasteiger partial charge in [0, 0.05) is 56.7 Å². The van der Waals surface area contributed by atoms with Crippen LogP contribution in [0.15, 0.2) is 42.5 Å². The number of carbonyl (C=O) groups is 3. The van der Waals surface area contributed by atoms with Crippen LogP contribution in [0.4, 0.5) is 16.2 Å². The highest BCUT2D eigenvalue weighted by Crippen LogP contribution is 2.29. The van der Waals surface area contributed by atoms with E-state index in [1.54, 1.807) is 30.3 Å². The van der Waals surface area contributed by atoms with Gasteiger partial charge >= 0.3 is 6.03 Å². The van der Waals surface area contributed by atoms with E-state index >= 15 is 0 Å². The molecule has 2 aliphatic heterocycles. The third-order valence-electron chi connectivity index (χ3n) is 8.09. The first-order chi connectivity index (χ1) is 19.0. The van der Waals surface area contributed by atoms with Gasteiger partial charge in [-0.05, 0) is 62.4 Å². The van der Waals surface area contributed by atoms with Crippen LogP contribution in [0.5, 0.6) is 0 Å². The number of benzene rings is 2. The Bertz CT molecular complexity index is 1180. The van der Waals surface area contributed by atoms with Gasteiger partial charge in [-0.2, -0.15) is 0 Å². The van der Waals surface area contributed by atoms with Crippen molar-refractivity contribution in [1.82, 2.24) is 15.1 Å². The number of carbonyl (C=O) groups excluding carboxylic acids is 3. The van der Waals surface area contributed by atoms with E-state index in [1.165, 1.54) is 19.3 Å². The molecule has 208 valence electrons. The lowest BCUT2D eigenvalue weighted by Gasteiger charge is -2.38. The molecule has 0 radical (unpaired) electrons. The minimum absolute atomic E-state index is 0.0174. The highest BCUT2D eigenvalue weighted by molar-refractivity contribution is 6.34. The molecule has 39 heavy (non-hydrogen) atoms. The number of anilines is 2. The Hall–Kier alpha value is -3.26. The van der Waals surface area contributed by atoms with Gasteiger partial charge in [-0.15, -0.1) is 0 Å². The maximum Gasteiger partial charge on any atom is 0.317 e. The normalized spacial score (nSPS) is 18.5. The number of nitrogens with one attached hydrogen (secondary N) is 2. The Labute approximate surface area is 235 Å². The second-order valence-electron chi connectivity index (χ2n) is 10.8. The molecule has 5 rings (SSSR count). The predicted molar refractivity (Wildman–Crippen MR) is 155 cm³/mol. The summed E-state index contributed by atoms with van der Waals surface area (Å²) in [6.45, 7) is 3.96. The van der Waals surface area contributed by atoms with E-state index in [0.717, 1.165) is 50.9 Å². The first-order valence-electron chi connectivity index (χ1n) is 14.3. The van der Waals surface area contributed by atoms with E-state index in [1.807, 2.05) is 21.9 Å². The van der Waals surface area contributed by atoms with Crippen LogP contribution in [0, 0.1) is 0 Å². The molecule has 1 aliphatic carbocycles. The summed E-state index contributed by atoms with van der Waals surface area (Å²) in [5.41, 5.74) is 2.35. The van der Waals surface area contributed by atoms with Gasteiger partial charge in [0.1, 0.15) is 0 Å². The van der Waals surface area contributed by atoms with E-state index in [0.29, 0.717) is 48.0 Å². The largest absolute Gasteiger partial charge is 0.367 e. The molecule has 9 heteroatoms. The van der Waals surface area contributed by atoms with Crippen LogP contribution in [-0.4, -0.2) is 73.0 Å². The zero-order valence-electron chi connectivity index (χ0n) is 22.5. The molecule has 0 bridgehead atoms. The zero-order chi connectivity index (χ0) is 27.2. The van der Waals surface area contributed by atoms with E-state index in [2.05, 4.69) is 15.5 Å². The van der Waals surface area contributed by atoms with Gasteiger partial charge in [-0.1, -0.05) is 43.0 Å². The average molecular weight is 552 g/mol. The molecule has 4 amide bonds. The van der Waals surface area contributed by atoms with Crippen molar-refractivity contribution in [3.63, 3.8) is 0 Å². The molecule has 3 aliphatic rings. The molecule has 3 fully saturated rings. The number of piperazine rings is 1. The molecule has 8 nitrogen and oxygen atoms in total. The Morgan fingerprint density at radius 1 is 0.744 bits per heavy atom. The Balaban J connectivity index is 1.31. The van der Waals surface area contributed by atoms with E-state index < -0.39 is 0 Å². The number of hydrogen-bond acceptors (Lipinski definition) is 4. The number of amides is 4. The zero-order valence-corrected chi connectivity index (χ0v) is 23.2. The molecule has 2 aromatic carbocycles. The molecule has 2 aromatic rings. The smallest absolute Gasteiger partial charge is 0.317 e. The monoisotopic (exact) mass is 551 g/mol. The fraction of sp³-hybridized carbons (Fsp3) is 0.500. The minimum Gasteiger partial charge on any atom is -0.367 e. The van der Waals surface area contributed by atoms with E-state index in [9.17, 15) is 14.4 Å². The lowest BCUT2D eigenvalue weighted by molar-refractivity contribution is 0.0724. The van der Waals surface area contributed by atoms with Gasteiger partial charge in [0.15, 0.2) is 0 Å². The molecule has 0 atom stereocenters. The van der Waals surface area contributed by atoms with Crippen molar-refractivity contribution in [2.24, 2.45) is 0 Å². The fourth-order valence-corrected chi connectivity index (χ4v) is 6.06. The topological polar surface area (TPSA) is 85.0 Å². The molecule has 1 saturated carbocycles. The van der Waals surface area contributed by atoms with Gasteiger partial charge in [0.2, 0.25) is 0 Å². The van der Waals surface area contributed by atoms with Crippen molar-refractivity contribution < 1.29 is 14.4 Å². The summed E-state index contributed by atoms with van der Waals surface area (Å²) in [5, 5.41) is 6.51. The van der Waals surface area contributed by atoms with Gasteiger partial charge in [0.05, 0.1) is 16.1 Å². The first kappa shape index (κ1) is 27.3. The summed E-state index contributed by atoms with van der Waals surface area (Å²) >= 11 is 6.22.